The first-order valence-electron chi connectivity index (χ1n) is 4.99. The molecule has 1 aromatic heterocycles. The molecule has 0 bridgehead atoms. The number of halogens is 3. The molecule has 2 rings (SSSR count). The number of carbonyl (C=O) groups is 1. The molecule has 0 aromatic carbocycles. The second kappa shape index (κ2) is 4.60. The third-order valence-electron chi connectivity index (χ3n) is 2.49. The topological polar surface area (TPSA) is 50.7 Å². The Labute approximate surface area is 104 Å². The van der Waals surface area contributed by atoms with Gasteiger partial charge in [-0.2, -0.15) is 13.2 Å². The summed E-state index contributed by atoms with van der Waals surface area (Å²) in [6.45, 7) is 0. The van der Waals surface area contributed by atoms with E-state index in [1.54, 1.807) is 11.4 Å². The highest BCUT2D eigenvalue weighted by Gasteiger charge is 2.42. The second-order valence-electron chi connectivity index (χ2n) is 3.65. The fraction of sp³-hybridized carbons (Fsp3) is 0.400. The highest BCUT2D eigenvalue weighted by atomic mass is 32.1. The fourth-order valence-corrected chi connectivity index (χ4v) is 2.74. The van der Waals surface area contributed by atoms with Crippen LogP contribution in [0, 0.1) is 0 Å². The maximum atomic E-state index is 12.2. The Morgan fingerprint density at radius 3 is 2.94 bits per heavy atom. The molecule has 1 aliphatic rings. The maximum absolute atomic E-state index is 12.2. The van der Waals surface area contributed by atoms with Crippen LogP contribution < -0.4 is 5.32 Å². The normalized spacial score (nSPS) is 20.9. The Kier molecular flexibility index (Phi) is 3.29. The zero-order chi connectivity index (χ0) is 13.3. The molecule has 1 amide bonds. The van der Waals surface area contributed by atoms with Gasteiger partial charge in [0.1, 0.15) is 7.11 Å². The van der Waals surface area contributed by atoms with E-state index in [0.29, 0.717) is 11.3 Å². The molecule has 0 spiro atoms. The Morgan fingerprint density at radius 2 is 2.33 bits per heavy atom. The Morgan fingerprint density at radius 1 is 1.61 bits per heavy atom. The van der Waals surface area contributed by atoms with Crippen LogP contribution in [0.3, 0.4) is 0 Å². The van der Waals surface area contributed by atoms with Crippen molar-refractivity contribution in [1.29, 1.82) is 0 Å². The van der Waals surface area contributed by atoms with Crippen LogP contribution in [0.4, 0.5) is 13.2 Å². The van der Waals surface area contributed by atoms with Crippen molar-refractivity contribution in [3.63, 3.8) is 0 Å². The standard InChI is InChI=1S/C10H9F3N2O2S/c1-17-15-7-4-6(5-2-3-18-8(5)7)14-9(16)10(11,12)13/h2-3,6H,4H2,1H3,(H,14,16)/b15-7+/t6-/m0/s1. The minimum atomic E-state index is -4.88. The first-order valence-corrected chi connectivity index (χ1v) is 5.87. The van der Waals surface area contributed by atoms with E-state index in [4.69, 9.17) is 0 Å². The summed E-state index contributed by atoms with van der Waals surface area (Å²) in [4.78, 5) is 16.3. The number of alkyl halides is 3. The number of nitrogens with one attached hydrogen (secondary N) is 1. The fourth-order valence-electron chi connectivity index (χ4n) is 1.78. The van der Waals surface area contributed by atoms with Crippen molar-refractivity contribution in [1.82, 2.24) is 5.32 Å². The van der Waals surface area contributed by atoms with E-state index in [0.717, 1.165) is 4.88 Å². The number of nitrogens with zero attached hydrogens (tertiary/aromatic N) is 1. The molecule has 4 nitrogen and oxygen atoms in total. The number of hydrogen-bond acceptors (Lipinski definition) is 4. The molecule has 0 radical (unpaired) electrons. The molecule has 0 saturated carbocycles. The van der Waals surface area contributed by atoms with Crippen LogP contribution in [-0.2, 0) is 9.63 Å². The van der Waals surface area contributed by atoms with E-state index in [2.05, 4.69) is 9.99 Å². The van der Waals surface area contributed by atoms with Crippen LogP contribution in [0.15, 0.2) is 16.6 Å². The highest BCUT2D eigenvalue weighted by Crippen LogP contribution is 2.36. The van der Waals surface area contributed by atoms with Crippen molar-refractivity contribution in [3.05, 3.63) is 21.9 Å². The molecule has 1 atom stereocenters. The lowest BCUT2D eigenvalue weighted by atomic mass is 10.2. The molecule has 18 heavy (non-hydrogen) atoms. The van der Waals surface area contributed by atoms with Gasteiger partial charge < -0.3 is 10.2 Å². The van der Waals surface area contributed by atoms with Gasteiger partial charge in [-0.15, -0.1) is 11.3 Å². The van der Waals surface area contributed by atoms with E-state index in [1.807, 2.05) is 5.32 Å². The third kappa shape index (κ3) is 2.33. The average molecular weight is 278 g/mol. The zero-order valence-electron chi connectivity index (χ0n) is 9.25. The van der Waals surface area contributed by atoms with Gasteiger partial charge in [-0.1, -0.05) is 5.16 Å². The molecule has 98 valence electrons. The minimum Gasteiger partial charge on any atom is -0.399 e. The first kappa shape index (κ1) is 12.9. The van der Waals surface area contributed by atoms with E-state index in [1.165, 1.54) is 18.4 Å². The van der Waals surface area contributed by atoms with Crippen molar-refractivity contribution in [2.45, 2.75) is 18.6 Å². The van der Waals surface area contributed by atoms with Crippen LogP contribution in [-0.4, -0.2) is 24.9 Å². The van der Waals surface area contributed by atoms with Crippen LogP contribution >= 0.6 is 11.3 Å². The van der Waals surface area contributed by atoms with E-state index >= 15 is 0 Å². The molecule has 1 aromatic rings. The lowest BCUT2D eigenvalue weighted by Gasteiger charge is -2.13. The lowest BCUT2D eigenvalue weighted by molar-refractivity contribution is -0.174. The van der Waals surface area contributed by atoms with Crippen LogP contribution in [0.1, 0.15) is 22.9 Å². The Hall–Kier alpha value is -1.57. The molecule has 8 heteroatoms. The number of thiophene rings is 1. The number of fused-ring (bicyclic) bond motifs is 1. The van der Waals surface area contributed by atoms with Crippen molar-refractivity contribution in [2.75, 3.05) is 7.11 Å². The van der Waals surface area contributed by atoms with E-state index in [-0.39, 0.29) is 6.42 Å². The predicted molar refractivity (Wildman–Crippen MR) is 59.4 cm³/mol. The van der Waals surface area contributed by atoms with Gasteiger partial charge in [-0.05, 0) is 17.0 Å². The number of amides is 1. The maximum Gasteiger partial charge on any atom is 0.471 e. The quantitative estimate of drug-likeness (QED) is 0.843. The minimum absolute atomic E-state index is 0.206. The average Bonchev–Trinajstić information content (AvgIpc) is 2.83. The van der Waals surface area contributed by atoms with E-state index < -0.39 is 18.1 Å². The molecule has 1 aliphatic carbocycles. The molecule has 0 unspecified atom stereocenters. The molecule has 0 fully saturated rings. The summed E-state index contributed by atoms with van der Waals surface area (Å²) in [6.07, 6.45) is -4.67. The van der Waals surface area contributed by atoms with Crippen molar-refractivity contribution in [3.8, 4) is 0 Å². The van der Waals surface area contributed by atoms with Crippen molar-refractivity contribution < 1.29 is 22.8 Å². The summed E-state index contributed by atoms with van der Waals surface area (Å²) in [5, 5.41) is 7.45. The van der Waals surface area contributed by atoms with Gasteiger partial charge in [-0.25, -0.2) is 0 Å². The molecule has 1 heterocycles. The van der Waals surface area contributed by atoms with Crippen LogP contribution in [0.5, 0.6) is 0 Å². The van der Waals surface area contributed by atoms with Crippen molar-refractivity contribution in [2.24, 2.45) is 5.16 Å². The molecule has 0 saturated heterocycles. The number of carbonyl (C=O) groups excluding carboxylic acids is 1. The summed E-state index contributed by atoms with van der Waals surface area (Å²) in [6, 6.07) is 0.980. The van der Waals surface area contributed by atoms with Gasteiger partial charge in [0.25, 0.3) is 0 Å². The largest absolute Gasteiger partial charge is 0.471 e. The molecule has 1 N–H and O–H groups in total. The second-order valence-corrected chi connectivity index (χ2v) is 4.57. The zero-order valence-corrected chi connectivity index (χ0v) is 10.1. The monoisotopic (exact) mass is 278 g/mol. The summed E-state index contributed by atoms with van der Waals surface area (Å²) < 4.78 is 36.6. The van der Waals surface area contributed by atoms with Crippen LogP contribution in [0.2, 0.25) is 0 Å². The molecule has 0 aliphatic heterocycles. The summed E-state index contributed by atoms with van der Waals surface area (Å²) in [5.74, 6) is -1.94. The summed E-state index contributed by atoms with van der Waals surface area (Å²) in [7, 11) is 1.36. The molecular formula is C10H9F3N2O2S. The number of oxime groups is 1. The van der Waals surface area contributed by atoms with Crippen LogP contribution in [0.25, 0.3) is 0 Å². The van der Waals surface area contributed by atoms with Crippen molar-refractivity contribution >= 4 is 23.0 Å². The highest BCUT2D eigenvalue weighted by molar-refractivity contribution is 7.12. The van der Waals surface area contributed by atoms with Gasteiger partial charge >= 0.3 is 12.1 Å². The lowest BCUT2D eigenvalue weighted by Crippen LogP contribution is -2.38. The predicted octanol–water partition coefficient (Wildman–Crippen LogP) is 2.22. The summed E-state index contributed by atoms with van der Waals surface area (Å²) >= 11 is 1.36. The molecular weight excluding hydrogens is 269 g/mol. The summed E-state index contributed by atoms with van der Waals surface area (Å²) in [5.41, 5.74) is 1.20. The third-order valence-corrected chi connectivity index (χ3v) is 3.47. The Balaban J connectivity index is 2.19. The van der Waals surface area contributed by atoms with E-state index in [9.17, 15) is 18.0 Å². The number of rotatable bonds is 2. The number of hydrogen-bond donors (Lipinski definition) is 1. The van der Waals surface area contributed by atoms with Gasteiger partial charge in [-0.3, -0.25) is 4.79 Å². The Bertz CT molecular complexity index is 496. The SMILES string of the molecule is CO/N=C1\C[C@H](NC(=O)C(F)(F)F)c2ccsc21. The van der Waals surface area contributed by atoms with Gasteiger partial charge in [0.15, 0.2) is 0 Å². The van der Waals surface area contributed by atoms with Gasteiger partial charge in [0.2, 0.25) is 0 Å². The van der Waals surface area contributed by atoms with Gasteiger partial charge in [0, 0.05) is 6.42 Å². The smallest absolute Gasteiger partial charge is 0.399 e. The first-order chi connectivity index (χ1) is 8.43. The van der Waals surface area contributed by atoms with Gasteiger partial charge in [0.05, 0.1) is 16.6 Å².